The monoisotopic (exact) mass is 296 g/mol. The highest BCUT2D eigenvalue weighted by atomic mass is 79.9. The Balaban J connectivity index is 2.82. The number of nitrogens with one attached hydrogen (secondary N) is 1. The van der Waals surface area contributed by atoms with Crippen molar-refractivity contribution in [1.82, 2.24) is 9.55 Å². The van der Waals surface area contributed by atoms with E-state index < -0.39 is 0 Å². The molecule has 4 nitrogen and oxygen atoms in total. The molecule has 0 amide bonds. The maximum absolute atomic E-state index is 12.2. The van der Waals surface area contributed by atoms with Crippen LogP contribution in [0.2, 0.25) is 0 Å². The Morgan fingerprint density at radius 1 is 1.35 bits per heavy atom. The molecule has 0 aliphatic heterocycles. The molecule has 17 heavy (non-hydrogen) atoms. The first-order valence-electron chi connectivity index (χ1n) is 5.42. The van der Waals surface area contributed by atoms with Gasteiger partial charge < -0.3 is 4.98 Å². The molecule has 0 saturated heterocycles. The molecule has 0 aliphatic rings. The summed E-state index contributed by atoms with van der Waals surface area (Å²) in [6.07, 6.45) is 0. The number of para-hydroxylation sites is 1. The molecule has 0 radical (unpaired) electrons. The summed E-state index contributed by atoms with van der Waals surface area (Å²) in [6.45, 7) is 4.37. The van der Waals surface area contributed by atoms with Crippen molar-refractivity contribution in [2.24, 2.45) is 5.92 Å². The molecule has 0 spiro atoms. The summed E-state index contributed by atoms with van der Waals surface area (Å²) in [5.74, 6) is 0.249. The fourth-order valence-electron chi connectivity index (χ4n) is 1.77. The zero-order valence-electron chi connectivity index (χ0n) is 9.66. The highest BCUT2D eigenvalue weighted by molar-refractivity contribution is 9.10. The quantitative estimate of drug-likeness (QED) is 0.923. The van der Waals surface area contributed by atoms with E-state index in [-0.39, 0.29) is 17.2 Å². The van der Waals surface area contributed by atoms with Crippen LogP contribution in [0.15, 0.2) is 32.3 Å². The van der Waals surface area contributed by atoms with Crippen LogP contribution in [0.5, 0.6) is 0 Å². The van der Waals surface area contributed by atoms with E-state index in [0.29, 0.717) is 17.4 Å². The largest absolute Gasteiger partial charge is 0.328 e. The molecule has 1 aromatic heterocycles. The van der Waals surface area contributed by atoms with E-state index >= 15 is 0 Å². The lowest BCUT2D eigenvalue weighted by Crippen LogP contribution is -2.36. The highest BCUT2D eigenvalue weighted by Crippen LogP contribution is 2.17. The van der Waals surface area contributed by atoms with Crippen LogP contribution in [0.25, 0.3) is 10.9 Å². The number of H-pyrrole nitrogens is 1. The van der Waals surface area contributed by atoms with Crippen LogP contribution in [0.1, 0.15) is 13.8 Å². The predicted molar refractivity (Wildman–Crippen MR) is 71.4 cm³/mol. The van der Waals surface area contributed by atoms with Gasteiger partial charge in [0.2, 0.25) is 0 Å². The third-order valence-corrected chi connectivity index (χ3v) is 3.17. The SMILES string of the molecule is CC(C)Cn1c(=O)[nH]c2c(Br)cccc2c1=O. The maximum atomic E-state index is 12.2. The third-order valence-electron chi connectivity index (χ3n) is 2.51. The molecule has 0 unspecified atom stereocenters. The molecule has 1 N–H and O–H groups in total. The van der Waals surface area contributed by atoms with Gasteiger partial charge >= 0.3 is 5.69 Å². The second kappa shape index (κ2) is 4.49. The van der Waals surface area contributed by atoms with Crippen molar-refractivity contribution in [3.63, 3.8) is 0 Å². The van der Waals surface area contributed by atoms with Gasteiger partial charge in [0, 0.05) is 11.0 Å². The van der Waals surface area contributed by atoms with E-state index in [1.165, 1.54) is 4.57 Å². The van der Waals surface area contributed by atoms with Gasteiger partial charge in [-0.05, 0) is 34.0 Å². The van der Waals surface area contributed by atoms with Crippen LogP contribution in [-0.4, -0.2) is 9.55 Å². The van der Waals surface area contributed by atoms with Gasteiger partial charge in [-0.3, -0.25) is 9.36 Å². The second-order valence-corrected chi connectivity index (χ2v) is 5.26. The van der Waals surface area contributed by atoms with Crippen LogP contribution in [0.3, 0.4) is 0 Å². The topological polar surface area (TPSA) is 54.9 Å². The number of aromatic amines is 1. The molecular weight excluding hydrogens is 284 g/mol. The van der Waals surface area contributed by atoms with Crippen LogP contribution in [0, 0.1) is 5.92 Å². The number of fused-ring (bicyclic) bond motifs is 1. The predicted octanol–water partition coefficient (Wildman–Crippen LogP) is 2.11. The van der Waals surface area contributed by atoms with Gasteiger partial charge in [-0.15, -0.1) is 0 Å². The number of benzene rings is 1. The average Bonchev–Trinajstić information content (AvgIpc) is 2.26. The Morgan fingerprint density at radius 2 is 2.06 bits per heavy atom. The van der Waals surface area contributed by atoms with Crippen molar-refractivity contribution in [2.75, 3.05) is 0 Å². The molecule has 0 atom stereocenters. The molecule has 0 bridgehead atoms. The summed E-state index contributed by atoms with van der Waals surface area (Å²) in [5, 5.41) is 0.527. The maximum Gasteiger partial charge on any atom is 0.328 e. The number of nitrogens with zero attached hydrogens (tertiary/aromatic N) is 1. The Labute approximate surface area is 106 Å². The first-order chi connectivity index (χ1) is 8.00. The average molecular weight is 297 g/mol. The van der Waals surface area contributed by atoms with Crippen molar-refractivity contribution in [3.8, 4) is 0 Å². The van der Waals surface area contributed by atoms with Crippen molar-refractivity contribution < 1.29 is 0 Å². The van der Waals surface area contributed by atoms with E-state index in [2.05, 4.69) is 20.9 Å². The van der Waals surface area contributed by atoms with Crippen molar-refractivity contribution in [2.45, 2.75) is 20.4 Å². The zero-order valence-corrected chi connectivity index (χ0v) is 11.2. The molecule has 0 saturated carbocycles. The van der Waals surface area contributed by atoms with Crippen LogP contribution < -0.4 is 11.2 Å². The van der Waals surface area contributed by atoms with E-state index in [4.69, 9.17) is 0 Å². The minimum atomic E-state index is -0.358. The van der Waals surface area contributed by atoms with Gasteiger partial charge in [0.25, 0.3) is 5.56 Å². The summed E-state index contributed by atoms with van der Waals surface area (Å²) in [5.41, 5.74) is -0.0376. The molecule has 5 heteroatoms. The normalized spacial score (nSPS) is 11.3. The minimum absolute atomic E-state index is 0.237. The Morgan fingerprint density at radius 3 is 2.71 bits per heavy atom. The molecular formula is C12H13BrN2O2. The lowest BCUT2D eigenvalue weighted by atomic mass is 10.2. The lowest BCUT2D eigenvalue weighted by molar-refractivity contribution is 0.496. The first-order valence-corrected chi connectivity index (χ1v) is 6.21. The van der Waals surface area contributed by atoms with Gasteiger partial charge in [0.15, 0.2) is 0 Å². The standard InChI is InChI=1S/C12H13BrN2O2/c1-7(2)6-15-11(16)8-4-3-5-9(13)10(8)14-12(15)17/h3-5,7H,6H2,1-2H3,(H,14,17). The fourth-order valence-corrected chi connectivity index (χ4v) is 2.24. The number of aromatic nitrogens is 2. The van der Waals surface area contributed by atoms with Crippen LogP contribution >= 0.6 is 15.9 Å². The van der Waals surface area contributed by atoms with E-state index in [0.717, 1.165) is 4.47 Å². The Kier molecular flexibility index (Phi) is 3.19. The molecule has 1 aromatic carbocycles. The minimum Gasteiger partial charge on any atom is -0.306 e. The summed E-state index contributed by atoms with van der Waals surface area (Å²) < 4.78 is 1.97. The van der Waals surface area contributed by atoms with Crippen molar-refractivity contribution in [1.29, 1.82) is 0 Å². The Bertz CT molecular complexity index is 670. The first kappa shape index (κ1) is 12.1. The molecule has 90 valence electrons. The van der Waals surface area contributed by atoms with Crippen LogP contribution in [0.4, 0.5) is 0 Å². The summed E-state index contributed by atoms with van der Waals surface area (Å²) in [6, 6.07) is 5.30. The zero-order chi connectivity index (χ0) is 12.6. The number of rotatable bonds is 2. The van der Waals surface area contributed by atoms with E-state index in [1.807, 2.05) is 13.8 Å². The number of hydrogen-bond acceptors (Lipinski definition) is 2. The highest BCUT2D eigenvalue weighted by Gasteiger charge is 2.10. The number of halogens is 1. The van der Waals surface area contributed by atoms with Gasteiger partial charge in [0.05, 0.1) is 10.9 Å². The number of hydrogen-bond donors (Lipinski definition) is 1. The summed E-state index contributed by atoms with van der Waals surface area (Å²) in [4.78, 5) is 26.7. The molecule has 2 aromatic rings. The van der Waals surface area contributed by atoms with Gasteiger partial charge in [-0.2, -0.15) is 0 Å². The summed E-state index contributed by atoms with van der Waals surface area (Å²) in [7, 11) is 0. The van der Waals surface area contributed by atoms with Gasteiger partial charge in [-0.25, -0.2) is 4.79 Å². The molecule has 2 rings (SSSR count). The van der Waals surface area contributed by atoms with Gasteiger partial charge in [-0.1, -0.05) is 19.9 Å². The summed E-state index contributed by atoms with van der Waals surface area (Å²) >= 11 is 3.32. The smallest absolute Gasteiger partial charge is 0.306 e. The second-order valence-electron chi connectivity index (χ2n) is 4.40. The van der Waals surface area contributed by atoms with Crippen molar-refractivity contribution in [3.05, 3.63) is 43.5 Å². The molecule has 1 heterocycles. The van der Waals surface area contributed by atoms with Crippen molar-refractivity contribution >= 4 is 26.8 Å². The van der Waals surface area contributed by atoms with Crippen LogP contribution in [-0.2, 0) is 6.54 Å². The van der Waals surface area contributed by atoms with Gasteiger partial charge in [0.1, 0.15) is 0 Å². The third kappa shape index (κ3) is 2.20. The lowest BCUT2D eigenvalue weighted by Gasteiger charge is -2.09. The van der Waals surface area contributed by atoms with E-state index in [1.54, 1.807) is 18.2 Å². The Hall–Kier alpha value is -1.36. The van der Waals surface area contributed by atoms with E-state index in [9.17, 15) is 9.59 Å². The fraction of sp³-hybridized carbons (Fsp3) is 0.333. The molecule has 0 fully saturated rings. The molecule has 0 aliphatic carbocycles.